The monoisotopic (exact) mass is 299 g/mol. The molecule has 114 valence electrons. The molecule has 1 aromatic heterocycles. The standard InChI is InChI=1S/C14H25N3O2S/c1-7-14(4,5)16-12(18)15-13-17(8-9-19-6)10(2)11(3)20-13/h7-9H2,1-6H3,(H,16,18). The molecule has 0 atom stereocenters. The van der Waals surface area contributed by atoms with Crippen molar-refractivity contribution in [3.63, 3.8) is 0 Å². The summed E-state index contributed by atoms with van der Waals surface area (Å²) >= 11 is 1.53. The van der Waals surface area contributed by atoms with Crippen LogP contribution in [0, 0.1) is 13.8 Å². The number of ether oxygens (including phenoxy) is 1. The topological polar surface area (TPSA) is 55.6 Å². The number of hydrogen-bond acceptors (Lipinski definition) is 3. The second-order valence-electron chi connectivity index (χ2n) is 5.45. The average molecular weight is 299 g/mol. The van der Waals surface area contributed by atoms with Crippen LogP contribution in [-0.4, -0.2) is 29.9 Å². The van der Waals surface area contributed by atoms with E-state index in [9.17, 15) is 4.79 Å². The third-order valence-electron chi connectivity index (χ3n) is 3.44. The van der Waals surface area contributed by atoms with Crippen LogP contribution in [0.25, 0.3) is 0 Å². The molecule has 0 fully saturated rings. The van der Waals surface area contributed by atoms with Gasteiger partial charge in [-0.25, -0.2) is 4.79 Å². The van der Waals surface area contributed by atoms with E-state index in [1.807, 2.05) is 39.2 Å². The van der Waals surface area contributed by atoms with Crippen molar-refractivity contribution < 1.29 is 9.53 Å². The van der Waals surface area contributed by atoms with Gasteiger partial charge in [-0.05, 0) is 34.1 Å². The third kappa shape index (κ3) is 4.45. The number of carbonyl (C=O) groups is 1. The first-order valence-electron chi connectivity index (χ1n) is 6.83. The molecule has 0 saturated carbocycles. The highest BCUT2D eigenvalue weighted by Crippen LogP contribution is 2.10. The number of nitrogens with one attached hydrogen (secondary N) is 1. The number of urea groups is 1. The minimum Gasteiger partial charge on any atom is -0.383 e. The molecule has 2 amide bonds. The fraction of sp³-hybridized carbons (Fsp3) is 0.714. The SMILES string of the molecule is CCC(C)(C)NC(=O)N=c1sc(C)c(C)n1CCOC. The second kappa shape index (κ2) is 7.04. The maximum atomic E-state index is 12.0. The van der Waals surface area contributed by atoms with Gasteiger partial charge < -0.3 is 14.6 Å². The molecule has 0 unspecified atom stereocenters. The van der Waals surface area contributed by atoms with Gasteiger partial charge in [0.2, 0.25) is 0 Å². The Labute approximate surface area is 124 Å². The number of aryl methyl sites for hydroxylation is 1. The molecule has 1 N–H and O–H groups in total. The molecule has 0 aliphatic rings. The van der Waals surface area contributed by atoms with Crippen LogP contribution >= 0.6 is 11.3 Å². The summed E-state index contributed by atoms with van der Waals surface area (Å²) in [6.45, 7) is 11.4. The van der Waals surface area contributed by atoms with E-state index in [1.54, 1.807) is 7.11 Å². The molecule has 1 heterocycles. The summed E-state index contributed by atoms with van der Waals surface area (Å²) < 4.78 is 7.14. The highest BCUT2D eigenvalue weighted by molar-refractivity contribution is 7.09. The van der Waals surface area contributed by atoms with E-state index in [0.717, 1.165) is 16.9 Å². The Morgan fingerprint density at radius 3 is 2.65 bits per heavy atom. The van der Waals surface area contributed by atoms with Gasteiger partial charge in [0.1, 0.15) is 0 Å². The van der Waals surface area contributed by atoms with Crippen molar-refractivity contribution in [1.82, 2.24) is 9.88 Å². The largest absolute Gasteiger partial charge is 0.383 e. The van der Waals surface area contributed by atoms with Gasteiger partial charge >= 0.3 is 6.03 Å². The van der Waals surface area contributed by atoms with E-state index in [4.69, 9.17) is 4.74 Å². The van der Waals surface area contributed by atoms with E-state index < -0.39 is 0 Å². The fourth-order valence-electron chi connectivity index (χ4n) is 1.62. The summed E-state index contributed by atoms with van der Waals surface area (Å²) in [5.74, 6) is 0. The number of hydrogen-bond donors (Lipinski definition) is 1. The first kappa shape index (κ1) is 16.9. The quantitative estimate of drug-likeness (QED) is 0.908. The summed E-state index contributed by atoms with van der Waals surface area (Å²) in [7, 11) is 1.67. The summed E-state index contributed by atoms with van der Waals surface area (Å²) in [6, 6.07) is -0.288. The molecule has 1 rings (SSSR count). The molecule has 0 radical (unpaired) electrons. The molecule has 0 aliphatic heterocycles. The van der Waals surface area contributed by atoms with Crippen LogP contribution in [0.3, 0.4) is 0 Å². The second-order valence-corrected chi connectivity index (χ2v) is 6.63. The van der Waals surface area contributed by atoms with Crippen molar-refractivity contribution in [2.75, 3.05) is 13.7 Å². The fourth-order valence-corrected chi connectivity index (χ4v) is 2.62. The predicted octanol–water partition coefficient (Wildman–Crippen LogP) is 2.61. The molecule has 0 bridgehead atoms. The molecule has 5 nitrogen and oxygen atoms in total. The summed E-state index contributed by atoms with van der Waals surface area (Å²) in [5.41, 5.74) is 0.896. The Morgan fingerprint density at radius 1 is 1.45 bits per heavy atom. The van der Waals surface area contributed by atoms with Crippen LogP contribution in [0.5, 0.6) is 0 Å². The highest BCUT2D eigenvalue weighted by Gasteiger charge is 2.17. The molecular weight excluding hydrogens is 274 g/mol. The maximum absolute atomic E-state index is 12.0. The van der Waals surface area contributed by atoms with Crippen LogP contribution < -0.4 is 10.1 Å². The average Bonchev–Trinajstić information content (AvgIpc) is 2.62. The lowest BCUT2D eigenvalue weighted by molar-refractivity contribution is 0.185. The lowest BCUT2D eigenvalue weighted by atomic mass is 10.0. The van der Waals surface area contributed by atoms with Gasteiger partial charge in [-0.1, -0.05) is 6.92 Å². The van der Waals surface area contributed by atoms with Crippen molar-refractivity contribution in [1.29, 1.82) is 0 Å². The summed E-state index contributed by atoms with van der Waals surface area (Å²) in [4.78, 5) is 18.1. The number of amides is 2. The van der Waals surface area contributed by atoms with Crippen LogP contribution in [0.4, 0.5) is 4.79 Å². The van der Waals surface area contributed by atoms with Crippen LogP contribution in [0.15, 0.2) is 4.99 Å². The van der Waals surface area contributed by atoms with Gasteiger partial charge in [-0.3, -0.25) is 0 Å². The first-order chi connectivity index (χ1) is 9.30. The maximum Gasteiger partial charge on any atom is 0.344 e. The Hall–Kier alpha value is -1.14. The van der Waals surface area contributed by atoms with E-state index >= 15 is 0 Å². The number of thiazole rings is 1. The normalized spacial score (nSPS) is 12.8. The van der Waals surface area contributed by atoms with Gasteiger partial charge in [0, 0.05) is 29.8 Å². The Morgan fingerprint density at radius 2 is 2.10 bits per heavy atom. The highest BCUT2D eigenvalue weighted by atomic mass is 32.1. The zero-order valence-corrected chi connectivity index (χ0v) is 14.1. The molecule has 20 heavy (non-hydrogen) atoms. The zero-order chi connectivity index (χ0) is 15.3. The number of aromatic nitrogens is 1. The molecule has 1 aromatic rings. The Balaban J connectivity index is 3.03. The van der Waals surface area contributed by atoms with Gasteiger partial charge in [-0.2, -0.15) is 4.99 Å². The summed E-state index contributed by atoms with van der Waals surface area (Å²) in [5, 5.41) is 2.92. The number of carbonyl (C=O) groups excluding carboxylic acids is 1. The van der Waals surface area contributed by atoms with Crippen molar-refractivity contribution >= 4 is 17.4 Å². The van der Waals surface area contributed by atoms with Crippen molar-refractivity contribution in [3.05, 3.63) is 15.4 Å². The number of nitrogens with zero attached hydrogens (tertiary/aromatic N) is 2. The first-order valence-corrected chi connectivity index (χ1v) is 7.65. The van der Waals surface area contributed by atoms with E-state index in [1.165, 1.54) is 16.2 Å². The molecule has 6 heteroatoms. The molecule has 0 aliphatic carbocycles. The van der Waals surface area contributed by atoms with Crippen molar-refractivity contribution in [3.8, 4) is 0 Å². The molecule has 0 aromatic carbocycles. The minimum atomic E-state index is -0.288. The predicted molar refractivity (Wildman–Crippen MR) is 82.1 cm³/mol. The van der Waals surface area contributed by atoms with Crippen LogP contribution in [0.1, 0.15) is 37.8 Å². The van der Waals surface area contributed by atoms with E-state index in [-0.39, 0.29) is 11.6 Å². The van der Waals surface area contributed by atoms with Gasteiger partial charge in [0.25, 0.3) is 0 Å². The summed E-state index contributed by atoms with van der Waals surface area (Å²) in [6.07, 6.45) is 0.862. The Kier molecular flexibility index (Phi) is 5.95. The number of methoxy groups -OCH3 is 1. The van der Waals surface area contributed by atoms with Gasteiger partial charge in [0.05, 0.1) is 6.61 Å². The van der Waals surface area contributed by atoms with E-state index in [0.29, 0.717) is 13.2 Å². The van der Waals surface area contributed by atoms with Crippen molar-refractivity contribution in [2.24, 2.45) is 4.99 Å². The molecular formula is C14H25N3O2S. The number of rotatable bonds is 5. The van der Waals surface area contributed by atoms with Crippen molar-refractivity contribution in [2.45, 2.75) is 53.1 Å². The lowest BCUT2D eigenvalue weighted by Gasteiger charge is -2.22. The Bertz CT molecular complexity index is 529. The van der Waals surface area contributed by atoms with Crippen LogP contribution in [0.2, 0.25) is 0 Å². The molecule has 0 saturated heterocycles. The molecule has 0 spiro atoms. The van der Waals surface area contributed by atoms with Crippen LogP contribution in [-0.2, 0) is 11.3 Å². The smallest absolute Gasteiger partial charge is 0.344 e. The third-order valence-corrected chi connectivity index (χ3v) is 4.53. The zero-order valence-electron chi connectivity index (χ0n) is 13.2. The van der Waals surface area contributed by atoms with E-state index in [2.05, 4.69) is 10.3 Å². The van der Waals surface area contributed by atoms with Gasteiger partial charge in [-0.15, -0.1) is 11.3 Å². The van der Waals surface area contributed by atoms with Gasteiger partial charge in [0.15, 0.2) is 4.80 Å². The minimum absolute atomic E-state index is 0.237. The lowest BCUT2D eigenvalue weighted by Crippen LogP contribution is -2.42.